The zero-order chi connectivity index (χ0) is 29.5. The summed E-state index contributed by atoms with van der Waals surface area (Å²) in [4.78, 5) is 39.1. The monoisotopic (exact) mass is 554 g/mol. The van der Waals surface area contributed by atoms with E-state index in [1.165, 1.54) is 11.9 Å². The Hall–Kier alpha value is -3.30. The van der Waals surface area contributed by atoms with Gasteiger partial charge in [-0.15, -0.1) is 0 Å². The maximum atomic E-state index is 15.2. The molecule has 9 heteroatoms. The first kappa shape index (κ1) is 31.2. The molecule has 218 valence electrons. The highest BCUT2D eigenvalue weighted by molar-refractivity contribution is 5.83. The number of halogens is 1. The molecule has 0 aromatic heterocycles. The molecule has 1 fully saturated rings. The van der Waals surface area contributed by atoms with E-state index >= 15 is 4.39 Å². The van der Waals surface area contributed by atoms with Gasteiger partial charge in [-0.05, 0) is 69.9 Å². The van der Waals surface area contributed by atoms with E-state index in [9.17, 15) is 14.4 Å². The molecule has 3 rings (SSSR count). The van der Waals surface area contributed by atoms with E-state index < -0.39 is 6.04 Å². The summed E-state index contributed by atoms with van der Waals surface area (Å²) < 4.78 is 21.4. The van der Waals surface area contributed by atoms with Crippen molar-refractivity contribution in [3.05, 3.63) is 64.5 Å². The van der Waals surface area contributed by atoms with Crippen LogP contribution in [-0.2, 0) is 38.8 Å². The fourth-order valence-electron chi connectivity index (χ4n) is 5.66. The summed E-state index contributed by atoms with van der Waals surface area (Å²) in [6.45, 7) is 12.8. The number of nitrogens with zero attached hydrogens (tertiary/aromatic N) is 2. The molecule has 0 aliphatic carbocycles. The first-order valence-corrected chi connectivity index (χ1v) is 13.8. The molecule has 1 heterocycles. The summed E-state index contributed by atoms with van der Waals surface area (Å²) in [5.41, 5.74) is 3.38. The molecule has 2 aromatic carbocycles. The number of likely N-dealkylation sites (N-methyl/N-ethyl adjacent to an activating group) is 1. The van der Waals surface area contributed by atoms with Gasteiger partial charge in [-0.1, -0.05) is 24.3 Å². The van der Waals surface area contributed by atoms with E-state index in [0.717, 1.165) is 41.8 Å². The lowest BCUT2D eigenvalue weighted by atomic mass is 9.98. The molecule has 0 spiro atoms. The van der Waals surface area contributed by atoms with E-state index in [-0.39, 0.29) is 48.9 Å². The second-order valence-corrected chi connectivity index (χ2v) is 11.8. The summed E-state index contributed by atoms with van der Waals surface area (Å²) in [6.07, 6.45) is 1.77. The van der Waals surface area contributed by atoms with Crippen LogP contribution >= 0.6 is 0 Å². The van der Waals surface area contributed by atoms with Gasteiger partial charge >= 0.3 is 0 Å². The van der Waals surface area contributed by atoms with Gasteiger partial charge in [0, 0.05) is 57.4 Å². The number of benzene rings is 2. The van der Waals surface area contributed by atoms with E-state index in [4.69, 9.17) is 4.74 Å². The van der Waals surface area contributed by atoms with Crippen LogP contribution in [0, 0.1) is 12.7 Å². The van der Waals surface area contributed by atoms with Gasteiger partial charge in [-0.2, -0.15) is 0 Å². The molecule has 0 saturated carbocycles. The molecule has 1 atom stereocenters. The number of ether oxygens (including phenoxy) is 1. The van der Waals surface area contributed by atoms with Crippen LogP contribution in [0.5, 0.6) is 0 Å². The molecule has 0 bridgehead atoms. The van der Waals surface area contributed by atoms with Gasteiger partial charge in [0.25, 0.3) is 0 Å². The van der Waals surface area contributed by atoms with Crippen LogP contribution in [0.1, 0.15) is 62.8 Å². The Bertz CT molecular complexity index is 1180. The van der Waals surface area contributed by atoms with Gasteiger partial charge in [0.15, 0.2) is 0 Å². The van der Waals surface area contributed by atoms with Crippen molar-refractivity contribution in [2.75, 3.05) is 25.5 Å². The number of aldehydes is 1. The van der Waals surface area contributed by atoms with Crippen molar-refractivity contribution in [3.63, 3.8) is 0 Å². The fraction of sp³-hybridized carbons (Fsp3) is 0.516. The normalized spacial score (nSPS) is 17.1. The van der Waals surface area contributed by atoms with Gasteiger partial charge in [-0.25, -0.2) is 4.39 Å². The van der Waals surface area contributed by atoms with E-state index in [0.29, 0.717) is 18.5 Å². The van der Waals surface area contributed by atoms with Crippen molar-refractivity contribution in [1.29, 1.82) is 0 Å². The highest BCUT2D eigenvalue weighted by atomic mass is 19.1. The molecule has 0 radical (unpaired) electrons. The standard InChI is InChI=1S/C31H43FN4O4/c1-22-9-7-10-27(25(22)18-36(21-38)28(11-8-14-37)29(39)33-6)34-16-24-13-12-23(15-26(24)32)17-35-19-30(2,3)40-31(4,5)20-35/h7,9-10,12-15,21,28,34H,8,11,16-20H2,1-6H3,(H,33,39). The number of carbonyl (C=O) groups is 3. The fourth-order valence-corrected chi connectivity index (χ4v) is 5.66. The average molecular weight is 555 g/mol. The second kappa shape index (κ2) is 13.4. The number of amides is 2. The Balaban J connectivity index is 1.73. The van der Waals surface area contributed by atoms with E-state index in [2.05, 4.69) is 43.2 Å². The summed E-state index contributed by atoms with van der Waals surface area (Å²) in [5.74, 6) is -0.613. The van der Waals surface area contributed by atoms with Crippen molar-refractivity contribution in [3.8, 4) is 0 Å². The Kier molecular flexibility index (Phi) is 10.4. The third-order valence-corrected chi connectivity index (χ3v) is 7.15. The molecule has 8 nitrogen and oxygen atoms in total. The molecule has 2 amide bonds. The minimum atomic E-state index is -0.771. The van der Waals surface area contributed by atoms with Crippen molar-refractivity contribution < 1.29 is 23.5 Å². The molecule has 2 N–H and O–H groups in total. The van der Waals surface area contributed by atoms with E-state index in [1.54, 1.807) is 6.07 Å². The number of rotatable bonds is 13. The Morgan fingerprint density at radius 2 is 1.85 bits per heavy atom. The summed E-state index contributed by atoms with van der Waals surface area (Å²) in [7, 11) is 1.50. The number of aryl methyl sites for hydroxylation is 1. The molecule has 2 aromatic rings. The van der Waals surface area contributed by atoms with Crippen molar-refractivity contribution in [2.45, 2.75) is 84.3 Å². The average Bonchev–Trinajstić information content (AvgIpc) is 2.86. The Morgan fingerprint density at radius 3 is 2.45 bits per heavy atom. The number of hydrogen-bond acceptors (Lipinski definition) is 6. The molecule has 1 aliphatic rings. The topological polar surface area (TPSA) is 91.0 Å². The zero-order valence-electron chi connectivity index (χ0n) is 24.6. The van der Waals surface area contributed by atoms with Gasteiger partial charge in [0.05, 0.1) is 11.2 Å². The number of hydrogen-bond donors (Lipinski definition) is 2. The number of nitrogens with one attached hydrogen (secondary N) is 2. The van der Waals surface area contributed by atoms with Crippen molar-refractivity contribution in [2.24, 2.45) is 0 Å². The van der Waals surface area contributed by atoms with Crippen LogP contribution in [0.3, 0.4) is 0 Å². The maximum absolute atomic E-state index is 15.2. The van der Waals surface area contributed by atoms with Crippen LogP contribution in [-0.4, -0.2) is 65.8 Å². The molecular weight excluding hydrogens is 511 g/mol. The van der Waals surface area contributed by atoms with Gasteiger partial charge in [-0.3, -0.25) is 14.5 Å². The molecule has 40 heavy (non-hydrogen) atoms. The molecule has 1 unspecified atom stereocenters. The van der Waals surface area contributed by atoms with Crippen LogP contribution in [0.25, 0.3) is 0 Å². The smallest absolute Gasteiger partial charge is 0.242 e. The van der Waals surface area contributed by atoms with E-state index in [1.807, 2.05) is 37.3 Å². The highest BCUT2D eigenvalue weighted by Gasteiger charge is 2.38. The Morgan fingerprint density at radius 1 is 1.15 bits per heavy atom. The minimum Gasteiger partial charge on any atom is -0.381 e. The van der Waals surface area contributed by atoms with Crippen LogP contribution in [0.2, 0.25) is 0 Å². The quantitative estimate of drug-likeness (QED) is 0.361. The van der Waals surface area contributed by atoms with Crippen molar-refractivity contribution >= 4 is 24.3 Å². The van der Waals surface area contributed by atoms with Gasteiger partial charge < -0.3 is 25.1 Å². The lowest BCUT2D eigenvalue weighted by Crippen LogP contribution is -2.56. The third kappa shape index (κ3) is 8.35. The lowest BCUT2D eigenvalue weighted by Gasteiger charge is -2.47. The summed E-state index contributed by atoms with van der Waals surface area (Å²) >= 11 is 0. The second-order valence-electron chi connectivity index (χ2n) is 11.8. The van der Waals surface area contributed by atoms with Gasteiger partial charge in [0.1, 0.15) is 18.1 Å². The number of morpholine rings is 1. The van der Waals surface area contributed by atoms with Crippen molar-refractivity contribution in [1.82, 2.24) is 15.1 Å². The number of anilines is 1. The third-order valence-electron chi connectivity index (χ3n) is 7.15. The molecule has 1 saturated heterocycles. The highest BCUT2D eigenvalue weighted by Crippen LogP contribution is 2.29. The van der Waals surface area contributed by atoms with Crippen LogP contribution in [0.15, 0.2) is 36.4 Å². The van der Waals surface area contributed by atoms with Crippen LogP contribution < -0.4 is 10.6 Å². The first-order chi connectivity index (χ1) is 18.9. The summed E-state index contributed by atoms with van der Waals surface area (Å²) in [5, 5.41) is 5.89. The van der Waals surface area contributed by atoms with Crippen LogP contribution in [0.4, 0.5) is 10.1 Å². The maximum Gasteiger partial charge on any atom is 0.242 e. The van der Waals surface area contributed by atoms with Gasteiger partial charge in [0.2, 0.25) is 12.3 Å². The predicted molar refractivity (Wildman–Crippen MR) is 154 cm³/mol. The Labute approximate surface area is 237 Å². The predicted octanol–water partition coefficient (Wildman–Crippen LogP) is 4.19. The lowest BCUT2D eigenvalue weighted by molar-refractivity contribution is -0.182. The molecule has 1 aliphatic heterocycles. The zero-order valence-corrected chi connectivity index (χ0v) is 24.6. The summed E-state index contributed by atoms with van der Waals surface area (Å²) in [6, 6.07) is 10.3. The SMILES string of the molecule is CNC(=O)C(CCC=O)N(C=O)Cc1c(C)cccc1NCc1ccc(CN2CC(C)(C)OC(C)(C)C2)cc1F. The number of carbonyl (C=O) groups excluding carboxylic acids is 3. The largest absolute Gasteiger partial charge is 0.381 e. The first-order valence-electron chi connectivity index (χ1n) is 13.8. The minimum absolute atomic E-state index is 0.164. The molecular formula is C31H43FN4O4.